The van der Waals surface area contributed by atoms with Crippen LogP contribution in [0.3, 0.4) is 0 Å². The number of rotatable bonds is 5. The van der Waals surface area contributed by atoms with Crippen LogP contribution in [-0.4, -0.2) is 48.7 Å². The number of carbonyl (C=O) groups excluding carboxylic acids is 1. The van der Waals surface area contributed by atoms with Gasteiger partial charge in [-0.05, 0) is 39.2 Å². The number of piperidine rings is 1. The second-order valence-electron chi connectivity index (χ2n) is 5.37. The number of carbonyl (C=O) groups is 1. The van der Waals surface area contributed by atoms with Crippen molar-refractivity contribution in [1.29, 1.82) is 0 Å². The Labute approximate surface area is 110 Å². The topological polar surface area (TPSA) is 41.6 Å². The van der Waals surface area contributed by atoms with E-state index in [1.165, 1.54) is 38.8 Å². The molecule has 0 aromatic heterocycles. The highest BCUT2D eigenvalue weighted by Crippen LogP contribution is 2.27. The first-order valence-electron chi connectivity index (χ1n) is 7.43. The van der Waals surface area contributed by atoms with Crippen LogP contribution in [0.4, 0.5) is 0 Å². The number of hydrogen-bond acceptors (Lipinski definition) is 4. The van der Waals surface area contributed by atoms with E-state index in [4.69, 9.17) is 4.74 Å². The van der Waals surface area contributed by atoms with Crippen LogP contribution in [0, 0.1) is 0 Å². The van der Waals surface area contributed by atoms with Gasteiger partial charge in [-0.15, -0.1) is 0 Å². The molecule has 2 saturated heterocycles. The summed E-state index contributed by atoms with van der Waals surface area (Å²) in [5.74, 6) is -0.0886. The number of nitrogens with one attached hydrogen (secondary N) is 1. The van der Waals surface area contributed by atoms with Gasteiger partial charge in [0, 0.05) is 18.6 Å². The monoisotopic (exact) mass is 254 g/mol. The molecule has 0 radical (unpaired) electrons. The van der Waals surface area contributed by atoms with Crippen molar-refractivity contribution in [3.8, 4) is 0 Å². The Kier molecular flexibility index (Phi) is 5.01. The number of esters is 1. The van der Waals surface area contributed by atoms with Crippen LogP contribution in [0.15, 0.2) is 0 Å². The number of hydrogen-bond donors (Lipinski definition) is 1. The smallest absolute Gasteiger partial charge is 0.323 e. The predicted octanol–water partition coefficient (Wildman–Crippen LogP) is 1.54. The van der Waals surface area contributed by atoms with Gasteiger partial charge in [-0.1, -0.05) is 13.3 Å². The molecule has 4 nitrogen and oxygen atoms in total. The van der Waals surface area contributed by atoms with Crippen molar-refractivity contribution in [1.82, 2.24) is 10.2 Å². The number of nitrogens with zero attached hydrogens (tertiary/aromatic N) is 1. The third-order valence-corrected chi connectivity index (χ3v) is 4.25. The molecule has 0 spiro atoms. The summed E-state index contributed by atoms with van der Waals surface area (Å²) < 4.78 is 5.13. The molecule has 104 valence electrons. The van der Waals surface area contributed by atoms with Crippen molar-refractivity contribution in [2.45, 2.75) is 64.1 Å². The van der Waals surface area contributed by atoms with E-state index in [1.807, 2.05) is 13.8 Å². The molecule has 0 saturated carbocycles. The minimum absolute atomic E-state index is 0.0886. The Balaban J connectivity index is 1.89. The molecule has 0 aromatic rings. The Hall–Kier alpha value is -0.610. The first-order chi connectivity index (χ1) is 8.76. The van der Waals surface area contributed by atoms with Gasteiger partial charge < -0.3 is 4.74 Å². The van der Waals surface area contributed by atoms with Crippen molar-refractivity contribution >= 4 is 5.97 Å². The molecule has 0 aliphatic carbocycles. The molecule has 0 amide bonds. The van der Waals surface area contributed by atoms with Crippen molar-refractivity contribution in [2.24, 2.45) is 0 Å². The lowest BCUT2D eigenvalue weighted by molar-refractivity contribution is -0.146. The normalized spacial score (nSPS) is 29.9. The number of ether oxygens (including phenoxy) is 1. The van der Waals surface area contributed by atoms with Crippen LogP contribution >= 0.6 is 0 Å². The predicted molar refractivity (Wildman–Crippen MR) is 71.5 cm³/mol. The highest BCUT2D eigenvalue weighted by Gasteiger charge is 2.37. The summed E-state index contributed by atoms with van der Waals surface area (Å²) in [6.45, 7) is 6.79. The van der Waals surface area contributed by atoms with Crippen molar-refractivity contribution in [3.05, 3.63) is 0 Å². The third-order valence-electron chi connectivity index (χ3n) is 4.25. The van der Waals surface area contributed by atoms with Crippen LogP contribution in [-0.2, 0) is 9.53 Å². The van der Waals surface area contributed by atoms with E-state index >= 15 is 0 Å². The fourth-order valence-corrected chi connectivity index (χ4v) is 3.30. The van der Waals surface area contributed by atoms with Gasteiger partial charge in [-0.25, -0.2) is 0 Å². The standard InChI is InChI=1S/C14H26N2O2/c1-3-11(14(17)18-4-2)15-12-8-10-16-9-6-5-7-13(12)16/h11-13,15H,3-10H2,1-2H3. The maximum Gasteiger partial charge on any atom is 0.323 e. The van der Waals surface area contributed by atoms with Crippen LogP contribution in [0.1, 0.15) is 46.0 Å². The summed E-state index contributed by atoms with van der Waals surface area (Å²) in [5.41, 5.74) is 0. The first-order valence-corrected chi connectivity index (χ1v) is 7.43. The van der Waals surface area contributed by atoms with Gasteiger partial charge in [0.25, 0.3) is 0 Å². The van der Waals surface area contributed by atoms with Gasteiger partial charge in [0.1, 0.15) is 6.04 Å². The Bertz CT molecular complexity index is 283. The fraction of sp³-hybridized carbons (Fsp3) is 0.929. The van der Waals surface area contributed by atoms with Gasteiger partial charge in [0.05, 0.1) is 6.61 Å². The summed E-state index contributed by atoms with van der Waals surface area (Å²) >= 11 is 0. The minimum Gasteiger partial charge on any atom is -0.465 e. The summed E-state index contributed by atoms with van der Waals surface area (Å²) in [4.78, 5) is 14.4. The lowest BCUT2D eigenvalue weighted by atomic mass is 9.98. The zero-order valence-electron chi connectivity index (χ0n) is 11.7. The van der Waals surface area contributed by atoms with Crippen LogP contribution in [0.5, 0.6) is 0 Å². The summed E-state index contributed by atoms with van der Waals surface area (Å²) in [6.07, 6.45) is 5.91. The highest BCUT2D eigenvalue weighted by molar-refractivity contribution is 5.75. The molecule has 0 aromatic carbocycles. The van der Waals surface area contributed by atoms with Crippen LogP contribution in [0.25, 0.3) is 0 Å². The number of fused-ring (bicyclic) bond motifs is 1. The average Bonchev–Trinajstić information content (AvgIpc) is 2.79. The zero-order chi connectivity index (χ0) is 13.0. The van der Waals surface area contributed by atoms with Gasteiger partial charge in [0.15, 0.2) is 0 Å². The Morgan fingerprint density at radius 3 is 2.89 bits per heavy atom. The summed E-state index contributed by atoms with van der Waals surface area (Å²) in [5, 5.41) is 3.53. The molecule has 18 heavy (non-hydrogen) atoms. The fourth-order valence-electron chi connectivity index (χ4n) is 3.30. The molecule has 2 aliphatic rings. The quantitative estimate of drug-likeness (QED) is 0.756. The Morgan fingerprint density at radius 1 is 1.33 bits per heavy atom. The molecule has 2 aliphatic heterocycles. The maximum absolute atomic E-state index is 11.8. The molecule has 3 unspecified atom stereocenters. The van der Waals surface area contributed by atoms with Gasteiger partial charge >= 0.3 is 5.97 Å². The van der Waals surface area contributed by atoms with Gasteiger partial charge in [-0.3, -0.25) is 15.0 Å². The molecule has 1 N–H and O–H groups in total. The zero-order valence-corrected chi connectivity index (χ0v) is 11.7. The second-order valence-corrected chi connectivity index (χ2v) is 5.37. The molecule has 0 bridgehead atoms. The molecular weight excluding hydrogens is 228 g/mol. The first kappa shape index (κ1) is 13.8. The van der Waals surface area contributed by atoms with Gasteiger partial charge in [0.2, 0.25) is 0 Å². The van der Waals surface area contributed by atoms with E-state index in [9.17, 15) is 4.79 Å². The third kappa shape index (κ3) is 3.04. The summed E-state index contributed by atoms with van der Waals surface area (Å²) in [6, 6.07) is 0.985. The van der Waals surface area contributed by atoms with E-state index in [2.05, 4.69) is 10.2 Å². The summed E-state index contributed by atoms with van der Waals surface area (Å²) in [7, 11) is 0. The van der Waals surface area contributed by atoms with Crippen molar-refractivity contribution in [2.75, 3.05) is 19.7 Å². The largest absolute Gasteiger partial charge is 0.465 e. The molecular formula is C14H26N2O2. The average molecular weight is 254 g/mol. The van der Waals surface area contributed by atoms with Crippen molar-refractivity contribution in [3.63, 3.8) is 0 Å². The van der Waals surface area contributed by atoms with Crippen LogP contribution in [0.2, 0.25) is 0 Å². The molecule has 4 heteroatoms. The van der Waals surface area contributed by atoms with Gasteiger partial charge in [-0.2, -0.15) is 0 Å². The SMILES string of the molecule is CCOC(=O)C(CC)NC1CCN2CCCCC12. The molecule has 2 heterocycles. The Morgan fingerprint density at radius 2 is 2.17 bits per heavy atom. The molecule has 2 rings (SSSR count). The lowest BCUT2D eigenvalue weighted by Gasteiger charge is -2.33. The van der Waals surface area contributed by atoms with Crippen molar-refractivity contribution < 1.29 is 9.53 Å². The highest BCUT2D eigenvalue weighted by atomic mass is 16.5. The minimum atomic E-state index is -0.128. The van der Waals surface area contributed by atoms with E-state index in [0.29, 0.717) is 18.7 Å². The van der Waals surface area contributed by atoms with Crippen LogP contribution < -0.4 is 5.32 Å². The van der Waals surface area contributed by atoms with E-state index in [1.54, 1.807) is 0 Å². The maximum atomic E-state index is 11.8. The van der Waals surface area contributed by atoms with E-state index < -0.39 is 0 Å². The van der Waals surface area contributed by atoms with E-state index in [-0.39, 0.29) is 12.0 Å². The second kappa shape index (κ2) is 6.53. The van der Waals surface area contributed by atoms with E-state index in [0.717, 1.165) is 6.42 Å². The molecule has 3 atom stereocenters. The molecule has 2 fully saturated rings. The lowest BCUT2D eigenvalue weighted by Crippen LogP contribution is -2.50.